The first-order valence-corrected chi connectivity index (χ1v) is 14.5. The standard InChI is InChI=1S/C28H24ClI2N3O2/c29-21-12-10-18(11-13-21)17-36-26-23(30)14-19(15-24(26)31)16-32-34-27(20-6-2-1-3-7-20)33-25-9-5-4-8-22(25)28(34)35/h4-5,8-16,20H,1-3,6-7,17H2. The van der Waals surface area contributed by atoms with Gasteiger partial charge in [0.05, 0.1) is 24.3 Å². The Balaban J connectivity index is 1.45. The van der Waals surface area contributed by atoms with Crippen LogP contribution in [-0.4, -0.2) is 15.9 Å². The number of fused-ring (bicyclic) bond motifs is 1. The van der Waals surface area contributed by atoms with Crippen LogP contribution in [0.5, 0.6) is 5.75 Å². The maximum Gasteiger partial charge on any atom is 0.282 e. The number of halogens is 3. The molecule has 4 aromatic rings. The molecule has 8 heteroatoms. The predicted octanol–water partition coefficient (Wildman–Crippen LogP) is 7.77. The van der Waals surface area contributed by atoms with Gasteiger partial charge in [0, 0.05) is 10.9 Å². The van der Waals surface area contributed by atoms with Gasteiger partial charge < -0.3 is 4.74 Å². The van der Waals surface area contributed by atoms with E-state index in [9.17, 15) is 4.79 Å². The molecular weight excluding hydrogens is 700 g/mol. The average Bonchev–Trinajstić information content (AvgIpc) is 2.89. The first kappa shape index (κ1) is 25.7. The maximum absolute atomic E-state index is 13.4. The molecule has 0 saturated heterocycles. The lowest BCUT2D eigenvalue weighted by Crippen LogP contribution is -2.25. The molecule has 0 amide bonds. The predicted molar refractivity (Wildman–Crippen MR) is 162 cm³/mol. The lowest BCUT2D eigenvalue weighted by atomic mass is 9.88. The molecule has 5 nitrogen and oxygen atoms in total. The molecule has 36 heavy (non-hydrogen) atoms. The lowest BCUT2D eigenvalue weighted by Gasteiger charge is -2.22. The van der Waals surface area contributed by atoms with E-state index in [0.29, 0.717) is 17.0 Å². The molecular formula is C28H24ClI2N3O2. The Morgan fingerprint density at radius 3 is 2.44 bits per heavy atom. The minimum atomic E-state index is -0.121. The Bertz CT molecular complexity index is 1460. The molecule has 5 rings (SSSR count). The van der Waals surface area contributed by atoms with Gasteiger partial charge in [-0.05, 0) is 106 Å². The fraction of sp³-hybridized carbons (Fsp3) is 0.250. The summed E-state index contributed by atoms with van der Waals surface area (Å²) >= 11 is 10.5. The second kappa shape index (κ2) is 11.6. The zero-order chi connectivity index (χ0) is 25.1. The average molecular weight is 724 g/mol. The van der Waals surface area contributed by atoms with Gasteiger partial charge in [-0.1, -0.05) is 55.1 Å². The molecule has 1 fully saturated rings. The molecule has 3 aromatic carbocycles. The SMILES string of the molecule is O=c1c2ccccc2nc(C2CCCCC2)n1N=Cc1cc(I)c(OCc2ccc(Cl)cc2)c(I)c1. The highest BCUT2D eigenvalue weighted by Gasteiger charge is 2.22. The van der Waals surface area contributed by atoms with Crippen molar-refractivity contribution in [2.45, 2.75) is 44.6 Å². The van der Waals surface area contributed by atoms with Gasteiger partial charge in [0.25, 0.3) is 5.56 Å². The Morgan fingerprint density at radius 1 is 1.03 bits per heavy atom. The highest BCUT2D eigenvalue weighted by atomic mass is 127. The van der Waals surface area contributed by atoms with E-state index < -0.39 is 0 Å². The first-order chi connectivity index (χ1) is 17.5. The second-order valence-electron chi connectivity index (χ2n) is 8.91. The van der Waals surface area contributed by atoms with Crippen LogP contribution in [0.4, 0.5) is 0 Å². The van der Waals surface area contributed by atoms with Gasteiger partial charge in [-0.25, -0.2) is 4.98 Å². The number of rotatable bonds is 6. The largest absolute Gasteiger partial charge is 0.487 e. The number of nitrogens with zero attached hydrogens (tertiary/aromatic N) is 3. The summed E-state index contributed by atoms with van der Waals surface area (Å²) < 4.78 is 9.58. The van der Waals surface area contributed by atoms with Gasteiger partial charge >= 0.3 is 0 Å². The van der Waals surface area contributed by atoms with Crippen molar-refractivity contribution in [1.29, 1.82) is 0 Å². The molecule has 0 aliphatic heterocycles. The fourth-order valence-corrected chi connectivity index (χ4v) is 6.78. The minimum absolute atomic E-state index is 0.121. The van der Waals surface area contributed by atoms with Crippen LogP contribution in [0.15, 0.2) is 70.6 Å². The molecule has 0 radical (unpaired) electrons. The van der Waals surface area contributed by atoms with E-state index in [2.05, 4.69) is 50.3 Å². The first-order valence-electron chi connectivity index (χ1n) is 11.9. The summed E-state index contributed by atoms with van der Waals surface area (Å²) in [6, 6.07) is 19.2. The number of benzene rings is 3. The van der Waals surface area contributed by atoms with E-state index in [1.54, 1.807) is 6.21 Å². The topological polar surface area (TPSA) is 56.5 Å². The quantitative estimate of drug-likeness (QED) is 0.151. The van der Waals surface area contributed by atoms with Crippen molar-refractivity contribution in [2.24, 2.45) is 5.10 Å². The van der Waals surface area contributed by atoms with Gasteiger partial charge in [0.15, 0.2) is 0 Å². The fourth-order valence-electron chi connectivity index (χ4n) is 4.53. The molecule has 0 spiro atoms. The number of aromatic nitrogens is 2. The molecule has 0 bridgehead atoms. The molecule has 1 heterocycles. The van der Waals surface area contributed by atoms with Crippen molar-refractivity contribution in [1.82, 2.24) is 9.66 Å². The van der Waals surface area contributed by atoms with E-state index in [-0.39, 0.29) is 11.5 Å². The summed E-state index contributed by atoms with van der Waals surface area (Å²) in [5.41, 5.74) is 2.57. The Kier molecular flexibility index (Phi) is 8.27. The van der Waals surface area contributed by atoms with Crippen molar-refractivity contribution in [3.8, 4) is 5.75 Å². The zero-order valence-electron chi connectivity index (χ0n) is 19.5. The van der Waals surface area contributed by atoms with Gasteiger partial charge in [0.1, 0.15) is 18.2 Å². The molecule has 1 aromatic heterocycles. The molecule has 1 saturated carbocycles. The van der Waals surface area contributed by atoms with Crippen LogP contribution in [0.2, 0.25) is 5.02 Å². The summed E-state index contributed by atoms with van der Waals surface area (Å²) in [4.78, 5) is 18.3. The molecule has 1 aliphatic carbocycles. The van der Waals surface area contributed by atoms with Crippen molar-refractivity contribution >= 4 is 73.9 Å². The molecule has 0 atom stereocenters. The van der Waals surface area contributed by atoms with E-state index >= 15 is 0 Å². The maximum atomic E-state index is 13.4. The van der Waals surface area contributed by atoms with E-state index in [4.69, 9.17) is 21.3 Å². The van der Waals surface area contributed by atoms with E-state index in [0.717, 1.165) is 61.0 Å². The van der Waals surface area contributed by atoms with Crippen LogP contribution in [0.3, 0.4) is 0 Å². The van der Waals surface area contributed by atoms with E-state index in [1.807, 2.05) is 60.7 Å². The number of para-hydroxylation sites is 1. The summed E-state index contributed by atoms with van der Waals surface area (Å²) in [6.07, 6.45) is 7.37. The van der Waals surface area contributed by atoms with Crippen LogP contribution < -0.4 is 10.3 Å². The zero-order valence-corrected chi connectivity index (χ0v) is 24.5. The van der Waals surface area contributed by atoms with Gasteiger partial charge in [-0.2, -0.15) is 9.78 Å². The number of hydrogen-bond acceptors (Lipinski definition) is 4. The van der Waals surface area contributed by atoms with Crippen LogP contribution in [0, 0.1) is 7.14 Å². The third kappa shape index (κ3) is 5.78. The van der Waals surface area contributed by atoms with Gasteiger partial charge in [0.2, 0.25) is 0 Å². The number of hydrogen-bond donors (Lipinski definition) is 0. The lowest BCUT2D eigenvalue weighted by molar-refractivity contribution is 0.302. The Morgan fingerprint density at radius 2 is 1.72 bits per heavy atom. The third-order valence-electron chi connectivity index (χ3n) is 6.39. The molecule has 184 valence electrons. The number of ether oxygens (including phenoxy) is 1. The Labute approximate surface area is 242 Å². The highest BCUT2D eigenvalue weighted by molar-refractivity contribution is 14.1. The smallest absolute Gasteiger partial charge is 0.282 e. The normalized spacial score (nSPS) is 14.5. The van der Waals surface area contributed by atoms with Crippen LogP contribution in [0.1, 0.15) is 55.0 Å². The van der Waals surface area contributed by atoms with Crippen LogP contribution in [0.25, 0.3) is 10.9 Å². The highest BCUT2D eigenvalue weighted by Crippen LogP contribution is 2.32. The molecule has 0 unspecified atom stereocenters. The summed E-state index contributed by atoms with van der Waals surface area (Å²) in [7, 11) is 0. The summed E-state index contributed by atoms with van der Waals surface area (Å²) in [5, 5.41) is 5.97. The summed E-state index contributed by atoms with van der Waals surface area (Å²) in [6.45, 7) is 0.458. The van der Waals surface area contributed by atoms with Crippen molar-refractivity contribution in [3.05, 3.63) is 100 Å². The summed E-state index contributed by atoms with van der Waals surface area (Å²) in [5.74, 6) is 1.84. The minimum Gasteiger partial charge on any atom is -0.487 e. The third-order valence-corrected chi connectivity index (χ3v) is 8.24. The van der Waals surface area contributed by atoms with Gasteiger partial charge in [-0.15, -0.1) is 0 Å². The Hall–Kier alpha value is -1.98. The monoisotopic (exact) mass is 723 g/mol. The van der Waals surface area contributed by atoms with Crippen molar-refractivity contribution < 1.29 is 4.74 Å². The van der Waals surface area contributed by atoms with Crippen LogP contribution in [-0.2, 0) is 6.61 Å². The van der Waals surface area contributed by atoms with Crippen LogP contribution >= 0.6 is 56.8 Å². The molecule has 0 N–H and O–H groups in total. The van der Waals surface area contributed by atoms with Gasteiger partial charge in [-0.3, -0.25) is 4.79 Å². The van der Waals surface area contributed by atoms with Crippen molar-refractivity contribution in [2.75, 3.05) is 0 Å². The van der Waals surface area contributed by atoms with Crippen molar-refractivity contribution in [3.63, 3.8) is 0 Å². The second-order valence-corrected chi connectivity index (χ2v) is 11.7. The van der Waals surface area contributed by atoms with E-state index in [1.165, 1.54) is 11.1 Å². The molecule has 1 aliphatic rings.